The minimum absolute atomic E-state index is 0.208. The molecule has 0 radical (unpaired) electrons. The molecule has 1 aromatic carbocycles. The second kappa shape index (κ2) is 6.02. The van der Waals surface area contributed by atoms with E-state index in [4.69, 9.17) is 11.6 Å². The topological polar surface area (TPSA) is 20.3 Å². The fourth-order valence-corrected chi connectivity index (χ4v) is 2.44. The van der Waals surface area contributed by atoms with Crippen LogP contribution in [-0.2, 0) is 11.2 Å². The molecule has 0 atom stereocenters. The maximum Gasteiger partial charge on any atom is 0.251 e. The minimum Gasteiger partial charge on any atom is -0.306 e. The van der Waals surface area contributed by atoms with Crippen LogP contribution in [0.5, 0.6) is 0 Å². The summed E-state index contributed by atoms with van der Waals surface area (Å²) in [4.78, 5) is 13.6. The van der Waals surface area contributed by atoms with Crippen LogP contribution < -0.4 is 4.90 Å². The average molecular weight is 280 g/mol. The van der Waals surface area contributed by atoms with Crippen molar-refractivity contribution in [3.8, 4) is 0 Å². The molecule has 0 aliphatic carbocycles. The van der Waals surface area contributed by atoms with Crippen molar-refractivity contribution >= 4 is 23.2 Å². The van der Waals surface area contributed by atoms with Gasteiger partial charge in [0.1, 0.15) is 5.82 Å². The number of aryl methyl sites for hydroxylation is 1. The van der Waals surface area contributed by atoms with Gasteiger partial charge in [0.25, 0.3) is 5.91 Å². The molecular weight excluding hydrogens is 265 g/mol. The third-order valence-corrected chi connectivity index (χ3v) is 3.23. The summed E-state index contributed by atoms with van der Waals surface area (Å²) < 4.78 is 14.0. The molecular formula is C15H15ClFNO. The number of hydrogen-bond donors (Lipinski definition) is 0. The second-order valence-electron chi connectivity index (χ2n) is 4.37. The first-order valence-corrected chi connectivity index (χ1v) is 6.60. The maximum atomic E-state index is 14.0. The summed E-state index contributed by atoms with van der Waals surface area (Å²) in [7, 11) is 0. The van der Waals surface area contributed by atoms with Gasteiger partial charge >= 0.3 is 0 Å². The molecule has 0 bridgehead atoms. The van der Waals surface area contributed by atoms with Crippen LogP contribution in [0.1, 0.15) is 18.9 Å². The van der Waals surface area contributed by atoms with E-state index in [1.165, 1.54) is 17.0 Å². The van der Waals surface area contributed by atoms with Gasteiger partial charge in [-0.2, -0.15) is 0 Å². The van der Waals surface area contributed by atoms with Gasteiger partial charge in [0, 0.05) is 17.6 Å². The highest BCUT2D eigenvalue weighted by atomic mass is 35.5. The van der Waals surface area contributed by atoms with Crippen LogP contribution in [0.3, 0.4) is 0 Å². The predicted molar refractivity (Wildman–Crippen MR) is 76.0 cm³/mol. The van der Waals surface area contributed by atoms with Crippen LogP contribution in [-0.4, -0.2) is 12.5 Å². The number of anilines is 1. The number of fused-ring (bicyclic) bond motifs is 1. The number of carbonyl (C=O) groups excluding carboxylic acids is 1. The molecule has 0 saturated heterocycles. The number of nitrogens with zero attached hydrogens (tertiary/aromatic N) is 1. The predicted octanol–water partition coefficient (Wildman–Crippen LogP) is 3.89. The van der Waals surface area contributed by atoms with E-state index < -0.39 is 5.82 Å². The molecule has 0 aromatic heterocycles. The first kappa shape index (κ1) is 13.8. The van der Waals surface area contributed by atoms with Crippen molar-refractivity contribution < 1.29 is 9.18 Å². The van der Waals surface area contributed by atoms with Crippen LogP contribution in [0, 0.1) is 5.82 Å². The van der Waals surface area contributed by atoms with Gasteiger partial charge in [0.2, 0.25) is 0 Å². The molecule has 0 N–H and O–H groups in total. The van der Waals surface area contributed by atoms with Crippen molar-refractivity contribution in [2.24, 2.45) is 0 Å². The summed E-state index contributed by atoms with van der Waals surface area (Å²) in [6.07, 6.45) is 8.26. The third kappa shape index (κ3) is 3.04. The molecule has 0 unspecified atom stereocenters. The van der Waals surface area contributed by atoms with Crippen molar-refractivity contribution in [1.82, 2.24) is 0 Å². The number of benzene rings is 1. The lowest BCUT2D eigenvalue weighted by atomic mass is 10.0. The Kier molecular flexibility index (Phi) is 4.38. The zero-order valence-corrected chi connectivity index (χ0v) is 11.5. The van der Waals surface area contributed by atoms with Gasteiger partial charge in [-0.25, -0.2) is 4.39 Å². The van der Waals surface area contributed by atoms with Gasteiger partial charge in [-0.15, -0.1) is 0 Å². The summed E-state index contributed by atoms with van der Waals surface area (Å²) in [5.41, 5.74) is 1.16. The Morgan fingerprint density at radius 2 is 2.21 bits per heavy atom. The van der Waals surface area contributed by atoms with Crippen LogP contribution in [0.25, 0.3) is 0 Å². The number of hydrogen-bond acceptors (Lipinski definition) is 1. The van der Waals surface area contributed by atoms with Crippen LogP contribution in [0.2, 0.25) is 5.02 Å². The minimum atomic E-state index is -0.435. The van der Waals surface area contributed by atoms with Crippen molar-refractivity contribution in [3.63, 3.8) is 0 Å². The van der Waals surface area contributed by atoms with Gasteiger partial charge in [-0.1, -0.05) is 29.8 Å². The largest absolute Gasteiger partial charge is 0.306 e. The molecule has 1 aromatic rings. The Bertz CT molecular complexity index is 551. The van der Waals surface area contributed by atoms with Crippen LogP contribution >= 0.6 is 11.6 Å². The molecule has 1 amide bonds. The van der Waals surface area contributed by atoms with E-state index in [1.54, 1.807) is 18.2 Å². The highest BCUT2D eigenvalue weighted by Gasteiger charge is 2.24. The Morgan fingerprint density at radius 1 is 1.42 bits per heavy atom. The fraction of sp³-hybridized carbons (Fsp3) is 0.267. The smallest absolute Gasteiger partial charge is 0.251 e. The van der Waals surface area contributed by atoms with E-state index in [0.717, 1.165) is 18.4 Å². The molecule has 1 heterocycles. The van der Waals surface area contributed by atoms with Gasteiger partial charge in [0.05, 0.1) is 5.69 Å². The Balaban J connectivity index is 2.34. The van der Waals surface area contributed by atoms with Gasteiger partial charge in [0.15, 0.2) is 0 Å². The standard InChI is InChI=1S/C15H15ClFNO/c1-2-3-4-7-14(19)18-8-5-6-11-9-12(16)10-13(17)15(11)18/h2-4,7,9-10H,5-6,8H2,1H3/b3-2+,7-4+. The Labute approximate surface area is 117 Å². The first-order chi connectivity index (χ1) is 9.13. The average Bonchev–Trinajstić information content (AvgIpc) is 2.37. The molecule has 0 fully saturated rings. The van der Waals surface area contributed by atoms with Crippen molar-refractivity contribution in [2.45, 2.75) is 19.8 Å². The van der Waals surface area contributed by atoms with E-state index >= 15 is 0 Å². The van der Waals surface area contributed by atoms with Gasteiger partial charge in [-0.3, -0.25) is 4.79 Å². The van der Waals surface area contributed by atoms with Crippen molar-refractivity contribution in [3.05, 3.63) is 52.8 Å². The SMILES string of the molecule is C/C=C/C=C/C(=O)N1CCCc2cc(Cl)cc(F)c21. The number of carbonyl (C=O) groups is 1. The monoisotopic (exact) mass is 279 g/mol. The summed E-state index contributed by atoms with van der Waals surface area (Å²) in [6.45, 7) is 2.40. The summed E-state index contributed by atoms with van der Waals surface area (Å²) in [6, 6.07) is 2.98. The molecule has 19 heavy (non-hydrogen) atoms. The van der Waals surface area contributed by atoms with E-state index in [2.05, 4.69) is 0 Å². The number of allylic oxidation sites excluding steroid dienone is 3. The molecule has 1 aliphatic rings. The molecule has 2 rings (SSSR count). The lowest BCUT2D eigenvalue weighted by Crippen LogP contribution is -2.35. The van der Waals surface area contributed by atoms with Crippen LogP contribution in [0.4, 0.5) is 10.1 Å². The van der Waals surface area contributed by atoms with E-state index in [0.29, 0.717) is 17.3 Å². The summed E-state index contributed by atoms with van der Waals surface area (Å²) >= 11 is 5.85. The highest BCUT2D eigenvalue weighted by molar-refractivity contribution is 6.30. The van der Waals surface area contributed by atoms with Gasteiger partial charge < -0.3 is 4.90 Å². The Hall–Kier alpha value is -1.61. The summed E-state index contributed by atoms with van der Waals surface area (Å²) in [5.74, 6) is -0.643. The zero-order chi connectivity index (χ0) is 13.8. The molecule has 2 nitrogen and oxygen atoms in total. The lowest BCUT2D eigenvalue weighted by molar-refractivity contribution is -0.114. The first-order valence-electron chi connectivity index (χ1n) is 6.22. The van der Waals surface area contributed by atoms with Crippen LogP contribution in [0.15, 0.2) is 36.4 Å². The highest BCUT2D eigenvalue weighted by Crippen LogP contribution is 2.32. The second-order valence-corrected chi connectivity index (χ2v) is 4.81. The number of amides is 1. The van der Waals surface area contributed by atoms with Crippen molar-refractivity contribution in [2.75, 3.05) is 11.4 Å². The lowest BCUT2D eigenvalue weighted by Gasteiger charge is -2.29. The quantitative estimate of drug-likeness (QED) is 0.594. The normalized spacial score (nSPS) is 15.2. The molecule has 0 saturated carbocycles. The fourth-order valence-electron chi connectivity index (χ4n) is 2.21. The number of rotatable bonds is 2. The van der Waals surface area contributed by atoms with Gasteiger partial charge in [-0.05, 0) is 37.5 Å². The van der Waals surface area contributed by atoms with E-state index in [1.807, 2.05) is 13.0 Å². The molecule has 4 heteroatoms. The molecule has 100 valence electrons. The molecule has 1 aliphatic heterocycles. The summed E-state index contributed by atoms with van der Waals surface area (Å²) in [5, 5.41) is 0.370. The van der Waals surface area contributed by atoms with E-state index in [9.17, 15) is 9.18 Å². The molecule has 0 spiro atoms. The Morgan fingerprint density at radius 3 is 2.95 bits per heavy atom. The van der Waals surface area contributed by atoms with Crippen molar-refractivity contribution in [1.29, 1.82) is 0 Å². The number of halogens is 2. The third-order valence-electron chi connectivity index (χ3n) is 3.01. The van der Waals surface area contributed by atoms with E-state index in [-0.39, 0.29) is 5.91 Å². The zero-order valence-electron chi connectivity index (χ0n) is 10.7. The maximum absolute atomic E-state index is 14.0.